The second kappa shape index (κ2) is 7.59. The topological polar surface area (TPSA) is 112 Å². The van der Waals surface area contributed by atoms with Gasteiger partial charge in [0, 0.05) is 12.6 Å². The van der Waals surface area contributed by atoms with Crippen molar-refractivity contribution in [2.24, 2.45) is 0 Å². The van der Waals surface area contributed by atoms with Gasteiger partial charge in [-0.25, -0.2) is 9.78 Å². The molecule has 8 heteroatoms. The number of hydrogen-bond acceptors (Lipinski definition) is 5. The lowest BCUT2D eigenvalue weighted by atomic mass is 10.1. The van der Waals surface area contributed by atoms with E-state index in [2.05, 4.69) is 15.3 Å². The fraction of sp³-hybridized carbons (Fsp3) is 0.200. The number of carbonyl (C=O) groups is 2. The van der Waals surface area contributed by atoms with E-state index in [0.29, 0.717) is 17.1 Å². The molecule has 0 spiro atoms. The molecule has 0 saturated heterocycles. The number of carboxylic acid groups (broad SMARTS) is 1. The Kier molecular flexibility index (Phi) is 5.53. The number of aromatic carboxylic acids is 1. The number of aromatic amines is 1. The van der Waals surface area contributed by atoms with E-state index in [1.807, 2.05) is 6.26 Å². The van der Waals surface area contributed by atoms with Crippen LogP contribution in [0, 0.1) is 0 Å². The molecule has 0 aliphatic heterocycles. The maximum Gasteiger partial charge on any atom is 0.335 e. The largest absolute Gasteiger partial charge is 0.478 e. The highest BCUT2D eigenvalue weighted by atomic mass is 32.2. The third-order valence-electron chi connectivity index (χ3n) is 2.93. The Morgan fingerprint density at radius 1 is 1.35 bits per heavy atom. The van der Waals surface area contributed by atoms with Gasteiger partial charge in [0.2, 0.25) is 0 Å². The van der Waals surface area contributed by atoms with Crippen LogP contribution in [0.1, 0.15) is 32.2 Å². The molecule has 2 aromatic rings. The second-order valence-corrected chi connectivity index (χ2v) is 5.56. The number of H-pyrrole nitrogens is 1. The Morgan fingerprint density at radius 3 is 2.83 bits per heavy atom. The number of carbonyl (C=O) groups excluding carboxylic acids is 1. The summed E-state index contributed by atoms with van der Waals surface area (Å²) in [6, 6.07) is 7.39. The maximum atomic E-state index is 12.1. The van der Waals surface area contributed by atoms with Crippen LogP contribution < -0.4 is 10.9 Å². The van der Waals surface area contributed by atoms with E-state index in [-0.39, 0.29) is 23.4 Å². The van der Waals surface area contributed by atoms with Gasteiger partial charge in [0.05, 0.1) is 11.3 Å². The normalized spacial score (nSPS) is 10.3. The van der Waals surface area contributed by atoms with E-state index in [9.17, 15) is 14.4 Å². The van der Waals surface area contributed by atoms with Crippen molar-refractivity contribution < 1.29 is 14.7 Å². The Hall–Kier alpha value is -2.61. The van der Waals surface area contributed by atoms with Crippen molar-refractivity contribution in [2.75, 3.05) is 6.26 Å². The molecule has 1 aromatic heterocycles. The van der Waals surface area contributed by atoms with Crippen molar-refractivity contribution in [3.63, 3.8) is 0 Å². The van der Waals surface area contributed by atoms with Gasteiger partial charge in [-0.1, -0.05) is 12.1 Å². The van der Waals surface area contributed by atoms with Gasteiger partial charge in [-0.3, -0.25) is 9.59 Å². The number of nitrogens with one attached hydrogen (secondary N) is 2. The van der Waals surface area contributed by atoms with Gasteiger partial charge in [0.25, 0.3) is 11.5 Å². The fourth-order valence-electron chi connectivity index (χ4n) is 1.92. The molecule has 0 bridgehead atoms. The van der Waals surface area contributed by atoms with Crippen LogP contribution in [-0.4, -0.2) is 33.2 Å². The van der Waals surface area contributed by atoms with Crippen molar-refractivity contribution in [2.45, 2.75) is 12.3 Å². The van der Waals surface area contributed by atoms with E-state index < -0.39 is 11.9 Å². The molecule has 7 nitrogen and oxygen atoms in total. The third kappa shape index (κ3) is 4.68. The Labute approximate surface area is 136 Å². The molecule has 0 unspecified atom stereocenters. The molecule has 0 aliphatic rings. The molecule has 23 heavy (non-hydrogen) atoms. The molecule has 1 aromatic carbocycles. The minimum atomic E-state index is -1.03. The van der Waals surface area contributed by atoms with E-state index in [1.165, 1.54) is 23.9 Å². The quantitative estimate of drug-likeness (QED) is 0.734. The SMILES string of the molecule is CSCc1nc(C(=O)NCc2cccc(C(=O)O)c2)cc(=O)[nH]1. The molecular formula is C15H15N3O4S. The molecule has 0 aliphatic carbocycles. The highest BCUT2D eigenvalue weighted by Crippen LogP contribution is 2.06. The molecule has 1 heterocycles. The molecule has 0 atom stereocenters. The summed E-state index contributed by atoms with van der Waals surface area (Å²) in [5.41, 5.74) is 0.440. The van der Waals surface area contributed by atoms with Crippen molar-refractivity contribution in [1.82, 2.24) is 15.3 Å². The maximum absolute atomic E-state index is 12.1. The molecular weight excluding hydrogens is 318 g/mol. The fourth-order valence-corrected chi connectivity index (χ4v) is 2.33. The summed E-state index contributed by atoms with van der Waals surface area (Å²) >= 11 is 1.48. The number of aromatic nitrogens is 2. The van der Waals surface area contributed by atoms with Gasteiger partial charge < -0.3 is 15.4 Å². The lowest BCUT2D eigenvalue weighted by Crippen LogP contribution is -2.26. The van der Waals surface area contributed by atoms with Gasteiger partial charge >= 0.3 is 5.97 Å². The lowest BCUT2D eigenvalue weighted by molar-refractivity contribution is 0.0696. The number of hydrogen-bond donors (Lipinski definition) is 3. The number of rotatable bonds is 6. The number of carboxylic acids is 1. The molecule has 3 N–H and O–H groups in total. The summed E-state index contributed by atoms with van der Waals surface area (Å²) < 4.78 is 0. The minimum Gasteiger partial charge on any atom is -0.478 e. The van der Waals surface area contributed by atoms with Gasteiger partial charge in [-0.2, -0.15) is 11.8 Å². The van der Waals surface area contributed by atoms with Crippen LogP contribution >= 0.6 is 11.8 Å². The first-order valence-electron chi connectivity index (χ1n) is 6.69. The van der Waals surface area contributed by atoms with Gasteiger partial charge in [-0.05, 0) is 24.0 Å². The predicted octanol–water partition coefficient (Wildman–Crippen LogP) is 1.26. The van der Waals surface area contributed by atoms with Crippen LogP contribution in [0.5, 0.6) is 0 Å². The minimum absolute atomic E-state index is 0.0344. The monoisotopic (exact) mass is 333 g/mol. The Bertz CT molecular complexity index is 788. The summed E-state index contributed by atoms with van der Waals surface area (Å²) in [6.45, 7) is 0.145. The van der Waals surface area contributed by atoms with Gasteiger partial charge in [0.15, 0.2) is 0 Å². The van der Waals surface area contributed by atoms with Crippen molar-refractivity contribution in [1.29, 1.82) is 0 Å². The molecule has 2 rings (SSSR count). The Morgan fingerprint density at radius 2 is 2.13 bits per heavy atom. The molecule has 0 radical (unpaired) electrons. The number of nitrogens with zero attached hydrogens (tertiary/aromatic N) is 1. The highest BCUT2D eigenvalue weighted by Gasteiger charge is 2.10. The van der Waals surface area contributed by atoms with E-state index >= 15 is 0 Å². The first-order chi connectivity index (χ1) is 11.0. The standard InChI is InChI=1S/C15H15N3O4S/c1-23-8-12-17-11(6-13(19)18-12)14(20)16-7-9-3-2-4-10(5-9)15(21)22/h2-6H,7-8H2,1H3,(H,16,20)(H,21,22)(H,17,18,19). The first kappa shape index (κ1) is 16.8. The smallest absolute Gasteiger partial charge is 0.335 e. The zero-order valence-electron chi connectivity index (χ0n) is 12.3. The van der Waals surface area contributed by atoms with Gasteiger partial charge in [0.1, 0.15) is 11.5 Å². The summed E-state index contributed by atoms with van der Waals surface area (Å²) in [4.78, 5) is 41.2. The molecule has 1 amide bonds. The average molecular weight is 333 g/mol. The molecule has 120 valence electrons. The molecule has 0 fully saturated rings. The summed E-state index contributed by atoms with van der Waals surface area (Å²) in [7, 11) is 0. The van der Waals surface area contributed by atoms with Crippen molar-refractivity contribution in [3.8, 4) is 0 Å². The zero-order valence-corrected chi connectivity index (χ0v) is 13.1. The third-order valence-corrected chi connectivity index (χ3v) is 3.49. The van der Waals surface area contributed by atoms with Crippen molar-refractivity contribution >= 4 is 23.6 Å². The highest BCUT2D eigenvalue weighted by molar-refractivity contribution is 7.97. The lowest BCUT2D eigenvalue weighted by Gasteiger charge is -2.06. The number of benzene rings is 1. The van der Waals surface area contributed by atoms with E-state index in [4.69, 9.17) is 5.11 Å². The summed E-state index contributed by atoms with van der Waals surface area (Å²) in [5.74, 6) is -0.588. The number of amides is 1. The van der Waals surface area contributed by atoms with Crippen LogP contribution in [0.25, 0.3) is 0 Å². The van der Waals surface area contributed by atoms with E-state index in [0.717, 1.165) is 6.07 Å². The van der Waals surface area contributed by atoms with Crippen molar-refractivity contribution in [3.05, 3.63) is 63.3 Å². The van der Waals surface area contributed by atoms with Crippen LogP contribution in [0.3, 0.4) is 0 Å². The zero-order chi connectivity index (χ0) is 16.8. The van der Waals surface area contributed by atoms with E-state index in [1.54, 1.807) is 12.1 Å². The predicted molar refractivity (Wildman–Crippen MR) is 86.6 cm³/mol. The number of thioether (sulfide) groups is 1. The van der Waals surface area contributed by atoms with Crippen LogP contribution in [-0.2, 0) is 12.3 Å². The average Bonchev–Trinajstić information content (AvgIpc) is 2.52. The summed E-state index contributed by atoms with van der Waals surface area (Å²) in [6.07, 6.45) is 1.86. The molecule has 0 saturated carbocycles. The van der Waals surface area contributed by atoms with Crippen LogP contribution in [0.2, 0.25) is 0 Å². The van der Waals surface area contributed by atoms with Crippen LogP contribution in [0.4, 0.5) is 0 Å². The van der Waals surface area contributed by atoms with Gasteiger partial charge in [-0.15, -0.1) is 0 Å². The van der Waals surface area contributed by atoms with Crippen LogP contribution in [0.15, 0.2) is 35.1 Å². The first-order valence-corrected chi connectivity index (χ1v) is 8.08. The Balaban J connectivity index is 2.09. The summed E-state index contributed by atoms with van der Waals surface area (Å²) in [5, 5.41) is 11.6. The second-order valence-electron chi connectivity index (χ2n) is 4.70.